The number of likely N-dealkylation sites (tertiary alicyclic amines) is 1. The van der Waals surface area contributed by atoms with E-state index >= 15 is 0 Å². The lowest BCUT2D eigenvalue weighted by molar-refractivity contribution is 0.0627. The van der Waals surface area contributed by atoms with Crippen LogP contribution in [0.2, 0.25) is 0 Å². The van der Waals surface area contributed by atoms with Gasteiger partial charge in [0.05, 0.1) is 18.4 Å². The molecule has 7 nitrogen and oxygen atoms in total. The number of hydrogen-bond donors (Lipinski definition) is 0. The first-order valence-corrected chi connectivity index (χ1v) is 12.2. The maximum absolute atomic E-state index is 13.7. The Kier molecular flexibility index (Phi) is 6.92. The van der Waals surface area contributed by atoms with Crippen LogP contribution in [0.4, 0.5) is 0 Å². The van der Waals surface area contributed by atoms with Crippen LogP contribution in [0.5, 0.6) is 5.75 Å². The molecule has 0 atom stereocenters. The number of hydrogen-bond acceptors (Lipinski definition) is 5. The summed E-state index contributed by atoms with van der Waals surface area (Å²) in [5.41, 5.74) is 3.18. The fraction of sp³-hybridized carbons (Fsp3) is 0.407. The summed E-state index contributed by atoms with van der Waals surface area (Å²) in [5, 5.41) is 4.82. The molecule has 0 aliphatic carbocycles. The molecular weight excluding hydrogens is 426 g/mol. The van der Waals surface area contributed by atoms with Crippen LogP contribution in [-0.4, -0.2) is 89.9 Å². The summed E-state index contributed by atoms with van der Waals surface area (Å²) < 4.78 is 7.11. The molecule has 7 heteroatoms. The van der Waals surface area contributed by atoms with E-state index in [-0.39, 0.29) is 5.91 Å². The number of rotatable bonds is 7. The molecule has 0 spiro atoms. The predicted octanol–water partition coefficient (Wildman–Crippen LogP) is 3.40. The highest BCUT2D eigenvalue weighted by molar-refractivity contribution is 6.00. The molecule has 5 rings (SSSR count). The molecule has 2 aliphatic heterocycles. The Morgan fingerprint density at radius 3 is 2.15 bits per heavy atom. The number of benzene rings is 2. The summed E-state index contributed by atoms with van der Waals surface area (Å²) in [6, 6.07) is 17.7. The minimum absolute atomic E-state index is 0.0483. The third-order valence-corrected chi connectivity index (χ3v) is 6.92. The quantitative estimate of drug-likeness (QED) is 0.542. The van der Waals surface area contributed by atoms with Crippen molar-refractivity contribution in [3.63, 3.8) is 0 Å². The zero-order valence-corrected chi connectivity index (χ0v) is 19.9. The van der Waals surface area contributed by atoms with E-state index in [1.54, 1.807) is 11.8 Å². The van der Waals surface area contributed by atoms with Gasteiger partial charge in [-0.3, -0.25) is 9.69 Å². The number of nitrogens with zero attached hydrogens (tertiary/aromatic N) is 5. The van der Waals surface area contributed by atoms with Crippen molar-refractivity contribution < 1.29 is 9.53 Å². The zero-order valence-electron chi connectivity index (χ0n) is 19.9. The third-order valence-electron chi connectivity index (χ3n) is 6.92. The second kappa shape index (κ2) is 10.4. The summed E-state index contributed by atoms with van der Waals surface area (Å²) in [5.74, 6) is 0.830. The molecule has 0 radical (unpaired) electrons. The van der Waals surface area contributed by atoms with Crippen molar-refractivity contribution >= 4 is 5.91 Å². The second-order valence-electron chi connectivity index (χ2n) is 9.08. The first-order valence-electron chi connectivity index (χ1n) is 12.2. The Bertz CT molecular complexity index is 1080. The van der Waals surface area contributed by atoms with E-state index in [0.717, 1.165) is 56.3 Å². The van der Waals surface area contributed by atoms with E-state index in [2.05, 4.69) is 9.80 Å². The maximum Gasteiger partial charge on any atom is 0.257 e. The predicted molar refractivity (Wildman–Crippen MR) is 134 cm³/mol. The monoisotopic (exact) mass is 459 g/mol. The van der Waals surface area contributed by atoms with E-state index in [1.165, 1.54) is 25.9 Å². The smallest absolute Gasteiger partial charge is 0.257 e. The van der Waals surface area contributed by atoms with Gasteiger partial charge in [-0.05, 0) is 62.3 Å². The second-order valence-corrected chi connectivity index (χ2v) is 9.08. The summed E-state index contributed by atoms with van der Waals surface area (Å²) in [7, 11) is 1.65. The third kappa shape index (κ3) is 5.00. The number of ether oxygens (including phenoxy) is 1. The highest BCUT2D eigenvalue weighted by Gasteiger charge is 2.27. The van der Waals surface area contributed by atoms with Gasteiger partial charge in [-0.15, -0.1) is 0 Å². The van der Waals surface area contributed by atoms with Gasteiger partial charge in [-0.1, -0.05) is 18.2 Å². The highest BCUT2D eigenvalue weighted by atomic mass is 16.5. The molecule has 2 fully saturated rings. The van der Waals surface area contributed by atoms with Gasteiger partial charge in [0.1, 0.15) is 11.4 Å². The summed E-state index contributed by atoms with van der Waals surface area (Å²) in [4.78, 5) is 20.7. The van der Waals surface area contributed by atoms with Gasteiger partial charge in [0, 0.05) is 51.0 Å². The molecule has 1 aromatic heterocycles. The molecule has 178 valence electrons. The minimum atomic E-state index is 0.0483. The summed E-state index contributed by atoms with van der Waals surface area (Å²) >= 11 is 0. The molecular formula is C27H33N5O2. The highest BCUT2D eigenvalue weighted by Crippen LogP contribution is 2.27. The number of amides is 1. The van der Waals surface area contributed by atoms with Crippen LogP contribution >= 0.6 is 0 Å². The number of aromatic nitrogens is 2. The molecule has 0 unspecified atom stereocenters. The van der Waals surface area contributed by atoms with Crippen LogP contribution in [0, 0.1) is 0 Å². The lowest BCUT2D eigenvalue weighted by Gasteiger charge is -2.35. The number of piperazine rings is 1. The Morgan fingerprint density at radius 1 is 0.853 bits per heavy atom. The fourth-order valence-electron chi connectivity index (χ4n) is 4.84. The Labute approximate surface area is 201 Å². The molecule has 2 aliphatic rings. The Morgan fingerprint density at radius 2 is 1.50 bits per heavy atom. The maximum atomic E-state index is 13.7. The lowest BCUT2D eigenvalue weighted by Crippen LogP contribution is -2.50. The Balaban J connectivity index is 1.33. The van der Waals surface area contributed by atoms with Crippen molar-refractivity contribution in [1.82, 2.24) is 24.5 Å². The van der Waals surface area contributed by atoms with Crippen molar-refractivity contribution in [1.29, 1.82) is 0 Å². The molecule has 0 N–H and O–H groups in total. The van der Waals surface area contributed by atoms with E-state index in [4.69, 9.17) is 9.84 Å². The van der Waals surface area contributed by atoms with Gasteiger partial charge in [0.15, 0.2) is 0 Å². The average Bonchev–Trinajstić information content (AvgIpc) is 3.58. The van der Waals surface area contributed by atoms with Gasteiger partial charge in [-0.2, -0.15) is 5.10 Å². The van der Waals surface area contributed by atoms with Crippen LogP contribution in [-0.2, 0) is 0 Å². The fourth-order valence-corrected chi connectivity index (χ4v) is 4.84. The van der Waals surface area contributed by atoms with Gasteiger partial charge < -0.3 is 14.5 Å². The SMILES string of the molecule is COc1ccc(-c2nn(-c3ccccc3)cc2C(=O)N2CCN(CCN3CCCC3)CC2)cc1. The minimum Gasteiger partial charge on any atom is -0.497 e. The molecule has 2 aromatic carbocycles. The lowest BCUT2D eigenvalue weighted by atomic mass is 10.1. The zero-order chi connectivity index (χ0) is 23.3. The van der Waals surface area contributed by atoms with Crippen molar-refractivity contribution in [2.45, 2.75) is 12.8 Å². The first-order chi connectivity index (χ1) is 16.7. The molecule has 3 heterocycles. The van der Waals surface area contributed by atoms with Gasteiger partial charge >= 0.3 is 0 Å². The largest absolute Gasteiger partial charge is 0.497 e. The van der Waals surface area contributed by atoms with E-state index in [1.807, 2.05) is 65.7 Å². The first kappa shape index (κ1) is 22.6. The average molecular weight is 460 g/mol. The van der Waals surface area contributed by atoms with Gasteiger partial charge in [-0.25, -0.2) is 4.68 Å². The number of carbonyl (C=O) groups is 1. The van der Waals surface area contributed by atoms with Crippen molar-refractivity contribution in [3.05, 3.63) is 66.4 Å². The van der Waals surface area contributed by atoms with Crippen LogP contribution < -0.4 is 4.74 Å². The topological polar surface area (TPSA) is 53.8 Å². The molecule has 3 aromatic rings. The van der Waals surface area contributed by atoms with Crippen LogP contribution in [0.25, 0.3) is 16.9 Å². The molecule has 1 amide bonds. The number of para-hydroxylation sites is 1. The molecule has 34 heavy (non-hydrogen) atoms. The number of methoxy groups -OCH3 is 1. The summed E-state index contributed by atoms with van der Waals surface area (Å²) in [6.07, 6.45) is 4.53. The summed E-state index contributed by atoms with van der Waals surface area (Å²) in [6.45, 7) is 8.03. The van der Waals surface area contributed by atoms with Crippen molar-refractivity contribution in [2.75, 3.05) is 59.5 Å². The van der Waals surface area contributed by atoms with Gasteiger partial charge in [0.2, 0.25) is 0 Å². The van der Waals surface area contributed by atoms with Gasteiger partial charge in [0.25, 0.3) is 5.91 Å². The van der Waals surface area contributed by atoms with E-state index in [9.17, 15) is 4.79 Å². The van der Waals surface area contributed by atoms with Crippen LogP contribution in [0.15, 0.2) is 60.8 Å². The van der Waals surface area contributed by atoms with E-state index < -0.39 is 0 Å². The normalized spacial score (nSPS) is 17.3. The van der Waals surface area contributed by atoms with Crippen LogP contribution in [0.1, 0.15) is 23.2 Å². The molecule has 0 bridgehead atoms. The van der Waals surface area contributed by atoms with Crippen molar-refractivity contribution in [2.24, 2.45) is 0 Å². The van der Waals surface area contributed by atoms with Crippen LogP contribution in [0.3, 0.4) is 0 Å². The molecule has 2 saturated heterocycles. The Hall–Kier alpha value is -3.16. The standard InChI is InChI=1S/C27H33N5O2/c1-34-24-11-9-22(10-12-24)26-25(21-32(28-26)23-7-3-2-4-8-23)27(33)31-19-17-30(18-20-31)16-15-29-13-5-6-14-29/h2-4,7-12,21H,5-6,13-20H2,1H3. The van der Waals surface area contributed by atoms with Crippen molar-refractivity contribution in [3.8, 4) is 22.7 Å². The number of carbonyl (C=O) groups excluding carboxylic acids is 1. The molecule has 0 saturated carbocycles. The van der Waals surface area contributed by atoms with E-state index in [0.29, 0.717) is 11.3 Å².